The summed E-state index contributed by atoms with van der Waals surface area (Å²) in [7, 11) is 0. The van der Waals surface area contributed by atoms with Crippen LogP contribution in [0.1, 0.15) is 33.6 Å². The van der Waals surface area contributed by atoms with E-state index in [2.05, 4.69) is 0 Å². The van der Waals surface area contributed by atoms with Crippen LogP contribution >= 0.6 is 0 Å². The number of carbonyl (C=O) groups is 2. The normalized spacial score (nSPS) is 26.4. The minimum absolute atomic E-state index is 0.143. The Kier molecular flexibility index (Phi) is 2.59. The van der Waals surface area contributed by atoms with Gasteiger partial charge in [-0.25, -0.2) is 0 Å². The number of ether oxygens (including phenoxy) is 2. The Hall–Kier alpha value is -1.06. The summed E-state index contributed by atoms with van der Waals surface area (Å²) >= 11 is 0. The molecule has 0 aromatic heterocycles. The molecule has 74 valence electrons. The molecule has 0 N–H and O–H groups in total. The molecule has 13 heavy (non-hydrogen) atoms. The monoisotopic (exact) mass is 186 g/mol. The molecule has 4 nitrogen and oxygen atoms in total. The number of rotatable bonds is 1. The van der Waals surface area contributed by atoms with Gasteiger partial charge in [-0.3, -0.25) is 9.59 Å². The van der Waals surface area contributed by atoms with Gasteiger partial charge in [-0.1, -0.05) is 13.8 Å². The molecule has 0 aromatic carbocycles. The van der Waals surface area contributed by atoms with Gasteiger partial charge in [-0.2, -0.15) is 0 Å². The molecule has 1 saturated heterocycles. The van der Waals surface area contributed by atoms with E-state index in [1.165, 1.54) is 6.92 Å². The molecule has 0 aliphatic carbocycles. The van der Waals surface area contributed by atoms with Gasteiger partial charge < -0.3 is 9.47 Å². The molecule has 1 fully saturated rings. The lowest BCUT2D eigenvalue weighted by Crippen LogP contribution is -2.36. The third kappa shape index (κ3) is 3.05. The van der Waals surface area contributed by atoms with E-state index in [0.717, 1.165) is 0 Å². The Morgan fingerprint density at radius 3 is 2.69 bits per heavy atom. The van der Waals surface area contributed by atoms with E-state index < -0.39 is 12.3 Å². The Morgan fingerprint density at radius 1 is 1.62 bits per heavy atom. The van der Waals surface area contributed by atoms with E-state index in [1.807, 2.05) is 13.8 Å². The summed E-state index contributed by atoms with van der Waals surface area (Å²) in [6.07, 6.45) is 0.247. The molecule has 0 spiro atoms. The van der Waals surface area contributed by atoms with Crippen molar-refractivity contribution in [2.75, 3.05) is 0 Å². The standard InChI is InChI=1S/C9H14O4/c1-6(10)12-8-5-9(2,3)4-7(11)13-8/h8H,4-5H2,1-3H3. The van der Waals surface area contributed by atoms with Gasteiger partial charge in [0.15, 0.2) is 0 Å². The van der Waals surface area contributed by atoms with Crippen molar-refractivity contribution < 1.29 is 19.1 Å². The summed E-state index contributed by atoms with van der Waals surface area (Å²) in [6, 6.07) is 0. The molecule has 0 aromatic rings. The zero-order chi connectivity index (χ0) is 10.1. The van der Waals surface area contributed by atoms with Crippen LogP contribution in [0.3, 0.4) is 0 Å². The first-order chi connectivity index (χ1) is 5.89. The second kappa shape index (κ2) is 3.36. The molecular formula is C9H14O4. The number of hydrogen-bond donors (Lipinski definition) is 0. The summed E-state index contributed by atoms with van der Waals surface area (Å²) in [4.78, 5) is 21.7. The van der Waals surface area contributed by atoms with Crippen molar-refractivity contribution in [3.8, 4) is 0 Å². The summed E-state index contributed by atoms with van der Waals surface area (Å²) in [6.45, 7) is 5.20. The lowest BCUT2D eigenvalue weighted by Gasteiger charge is -2.33. The number of carbonyl (C=O) groups excluding carboxylic acids is 2. The van der Waals surface area contributed by atoms with E-state index in [4.69, 9.17) is 9.47 Å². The highest BCUT2D eigenvalue weighted by atomic mass is 16.7. The molecule has 0 amide bonds. The lowest BCUT2D eigenvalue weighted by molar-refractivity contribution is -0.203. The van der Waals surface area contributed by atoms with E-state index in [0.29, 0.717) is 12.8 Å². The van der Waals surface area contributed by atoms with Gasteiger partial charge in [-0.05, 0) is 5.41 Å². The van der Waals surface area contributed by atoms with Crippen molar-refractivity contribution in [1.29, 1.82) is 0 Å². The topological polar surface area (TPSA) is 52.6 Å². The average Bonchev–Trinajstić information content (AvgIpc) is 1.78. The molecule has 4 heteroatoms. The first kappa shape index (κ1) is 10.0. The van der Waals surface area contributed by atoms with E-state index in [1.54, 1.807) is 0 Å². The van der Waals surface area contributed by atoms with Gasteiger partial charge in [0.25, 0.3) is 0 Å². The minimum Gasteiger partial charge on any atom is -0.425 e. The van der Waals surface area contributed by atoms with Gasteiger partial charge in [0.2, 0.25) is 6.29 Å². The predicted molar refractivity (Wildman–Crippen MR) is 44.7 cm³/mol. The van der Waals surface area contributed by atoms with Crippen LogP contribution in [-0.2, 0) is 19.1 Å². The van der Waals surface area contributed by atoms with Gasteiger partial charge in [0.05, 0.1) is 6.42 Å². The lowest BCUT2D eigenvalue weighted by atomic mass is 9.84. The highest BCUT2D eigenvalue weighted by Gasteiger charge is 2.35. The van der Waals surface area contributed by atoms with E-state index in [9.17, 15) is 9.59 Å². The third-order valence-electron chi connectivity index (χ3n) is 1.90. The highest BCUT2D eigenvalue weighted by molar-refractivity contribution is 5.72. The average molecular weight is 186 g/mol. The summed E-state index contributed by atoms with van der Waals surface area (Å²) in [5.41, 5.74) is -0.143. The van der Waals surface area contributed by atoms with Crippen molar-refractivity contribution in [3.05, 3.63) is 0 Å². The largest absolute Gasteiger partial charge is 0.425 e. The van der Waals surface area contributed by atoms with Crippen LogP contribution in [0.4, 0.5) is 0 Å². The van der Waals surface area contributed by atoms with Crippen LogP contribution in [-0.4, -0.2) is 18.2 Å². The highest BCUT2D eigenvalue weighted by Crippen LogP contribution is 2.33. The SMILES string of the molecule is CC(=O)OC1CC(C)(C)CC(=O)O1. The Labute approximate surface area is 77.2 Å². The smallest absolute Gasteiger partial charge is 0.309 e. The first-order valence-electron chi connectivity index (χ1n) is 4.26. The van der Waals surface area contributed by atoms with Gasteiger partial charge >= 0.3 is 11.9 Å². The fourth-order valence-corrected chi connectivity index (χ4v) is 1.39. The van der Waals surface area contributed by atoms with Crippen LogP contribution < -0.4 is 0 Å². The van der Waals surface area contributed by atoms with Gasteiger partial charge in [0, 0.05) is 13.3 Å². The van der Waals surface area contributed by atoms with Crippen LogP contribution in [0.5, 0.6) is 0 Å². The molecule has 1 aliphatic heterocycles. The molecule has 1 aliphatic rings. The molecule has 1 atom stereocenters. The van der Waals surface area contributed by atoms with Crippen LogP contribution in [0, 0.1) is 5.41 Å². The van der Waals surface area contributed by atoms with Crippen molar-refractivity contribution in [1.82, 2.24) is 0 Å². The Bertz CT molecular complexity index is 230. The zero-order valence-electron chi connectivity index (χ0n) is 8.12. The predicted octanol–water partition coefficient (Wildman–Crippen LogP) is 1.24. The van der Waals surface area contributed by atoms with Gasteiger partial charge in [0.1, 0.15) is 0 Å². The summed E-state index contributed by atoms with van der Waals surface area (Å²) in [5.74, 6) is -0.724. The number of cyclic esters (lactones) is 1. The second-order valence-electron chi connectivity index (χ2n) is 4.07. The fraction of sp³-hybridized carbons (Fsp3) is 0.778. The maximum absolute atomic E-state index is 11.1. The number of esters is 2. The van der Waals surface area contributed by atoms with Crippen molar-refractivity contribution >= 4 is 11.9 Å². The molecule has 0 radical (unpaired) electrons. The molecule has 1 unspecified atom stereocenters. The maximum Gasteiger partial charge on any atom is 0.309 e. The van der Waals surface area contributed by atoms with Gasteiger partial charge in [-0.15, -0.1) is 0 Å². The summed E-state index contributed by atoms with van der Waals surface area (Å²) < 4.78 is 9.67. The van der Waals surface area contributed by atoms with Crippen molar-refractivity contribution in [2.45, 2.75) is 39.9 Å². The van der Waals surface area contributed by atoms with Crippen LogP contribution in [0.15, 0.2) is 0 Å². The number of hydrogen-bond acceptors (Lipinski definition) is 4. The fourth-order valence-electron chi connectivity index (χ4n) is 1.39. The molecule has 0 bridgehead atoms. The Morgan fingerprint density at radius 2 is 2.23 bits per heavy atom. The van der Waals surface area contributed by atoms with Crippen molar-refractivity contribution in [3.63, 3.8) is 0 Å². The summed E-state index contributed by atoms with van der Waals surface area (Å²) in [5, 5.41) is 0. The maximum atomic E-state index is 11.1. The molecular weight excluding hydrogens is 172 g/mol. The Balaban J connectivity index is 2.57. The van der Waals surface area contributed by atoms with E-state index >= 15 is 0 Å². The zero-order valence-corrected chi connectivity index (χ0v) is 8.12. The second-order valence-corrected chi connectivity index (χ2v) is 4.07. The van der Waals surface area contributed by atoms with Crippen molar-refractivity contribution in [2.24, 2.45) is 5.41 Å². The first-order valence-corrected chi connectivity index (χ1v) is 4.26. The molecule has 1 rings (SSSR count). The van der Waals surface area contributed by atoms with E-state index in [-0.39, 0.29) is 11.4 Å². The quantitative estimate of drug-likeness (QED) is 0.578. The molecule has 0 saturated carbocycles. The minimum atomic E-state index is -0.700. The molecule has 1 heterocycles. The van der Waals surface area contributed by atoms with Crippen LogP contribution in [0.25, 0.3) is 0 Å². The van der Waals surface area contributed by atoms with Crippen LogP contribution in [0.2, 0.25) is 0 Å². The third-order valence-corrected chi connectivity index (χ3v) is 1.90.